The molecule has 0 aromatic carbocycles. The van der Waals surface area contributed by atoms with E-state index in [0.29, 0.717) is 23.1 Å². The summed E-state index contributed by atoms with van der Waals surface area (Å²) in [7, 11) is 1.47. The fourth-order valence-corrected chi connectivity index (χ4v) is 2.06. The first-order valence-corrected chi connectivity index (χ1v) is 6.38. The molecular formula is C10H13BrN6O2. The molecular weight excluding hydrogens is 316 g/mol. The van der Waals surface area contributed by atoms with Crippen LogP contribution in [0.15, 0.2) is 10.7 Å². The summed E-state index contributed by atoms with van der Waals surface area (Å²) >= 11 is 3.29. The third-order valence-electron chi connectivity index (χ3n) is 2.83. The van der Waals surface area contributed by atoms with Crippen molar-refractivity contribution in [2.75, 3.05) is 17.8 Å². The molecule has 8 nitrogen and oxygen atoms in total. The minimum Gasteiger partial charge on any atom is -0.357 e. The van der Waals surface area contributed by atoms with E-state index >= 15 is 0 Å². The number of likely N-dealkylation sites (N-methyl/N-ethyl adjacent to an activating group) is 1. The van der Waals surface area contributed by atoms with Crippen LogP contribution >= 0.6 is 15.9 Å². The van der Waals surface area contributed by atoms with Crippen molar-refractivity contribution in [3.8, 4) is 0 Å². The molecule has 2 rings (SSSR count). The van der Waals surface area contributed by atoms with Gasteiger partial charge in [-0.3, -0.25) is 19.9 Å². The van der Waals surface area contributed by atoms with Crippen molar-refractivity contribution < 1.29 is 9.59 Å². The monoisotopic (exact) mass is 328 g/mol. The van der Waals surface area contributed by atoms with E-state index in [4.69, 9.17) is 5.84 Å². The average molecular weight is 329 g/mol. The number of aromatic nitrogens is 2. The zero-order valence-corrected chi connectivity index (χ0v) is 11.8. The summed E-state index contributed by atoms with van der Waals surface area (Å²) in [5.41, 5.74) is 2.33. The summed E-state index contributed by atoms with van der Waals surface area (Å²) in [6.45, 7) is 0. The van der Waals surface area contributed by atoms with E-state index in [1.165, 1.54) is 13.2 Å². The van der Waals surface area contributed by atoms with Crippen LogP contribution in [0.2, 0.25) is 0 Å². The number of halogens is 1. The predicted octanol–water partition coefficient (Wildman–Crippen LogP) is 0.0840. The number of hydrogen-bond donors (Lipinski definition) is 3. The summed E-state index contributed by atoms with van der Waals surface area (Å²) in [5.74, 6) is 5.47. The second kappa shape index (κ2) is 5.49. The number of likely N-dealkylation sites (tertiary alicyclic amines) is 1. The van der Waals surface area contributed by atoms with Crippen molar-refractivity contribution in [2.24, 2.45) is 5.84 Å². The molecule has 2 amide bonds. The highest BCUT2D eigenvalue weighted by molar-refractivity contribution is 9.10. The normalized spacial score (nSPS) is 19.5. The van der Waals surface area contributed by atoms with Crippen molar-refractivity contribution in [3.05, 3.63) is 10.7 Å². The Morgan fingerprint density at radius 2 is 2.26 bits per heavy atom. The van der Waals surface area contributed by atoms with E-state index in [1.54, 1.807) is 0 Å². The van der Waals surface area contributed by atoms with E-state index in [0.717, 1.165) is 4.90 Å². The highest BCUT2D eigenvalue weighted by Crippen LogP contribution is 2.23. The third kappa shape index (κ3) is 2.82. The second-order valence-corrected chi connectivity index (χ2v) is 4.92. The maximum atomic E-state index is 11.9. The maximum absolute atomic E-state index is 11.9. The van der Waals surface area contributed by atoms with E-state index in [-0.39, 0.29) is 17.8 Å². The minimum absolute atomic E-state index is 0.172. The first-order valence-electron chi connectivity index (χ1n) is 5.59. The Morgan fingerprint density at radius 1 is 1.53 bits per heavy atom. The SMILES string of the molecule is CN1C(=O)CCC(Nc2nc(NN)ncc2Br)C1=O. The smallest absolute Gasteiger partial charge is 0.251 e. The van der Waals surface area contributed by atoms with E-state index in [9.17, 15) is 9.59 Å². The molecule has 1 fully saturated rings. The van der Waals surface area contributed by atoms with Gasteiger partial charge in [-0.25, -0.2) is 10.8 Å². The van der Waals surface area contributed by atoms with Crippen molar-refractivity contribution in [1.29, 1.82) is 0 Å². The standard InChI is InChI=1S/C10H13BrN6O2/c1-17-7(18)3-2-6(9(17)19)14-8-5(11)4-13-10(15-8)16-12/h4,6H,2-3,12H2,1H3,(H2,13,14,15,16). The molecule has 0 aliphatic carbocycles. The number of hydrogen-bond acceptors (Lipinski definition) is 7. The lowest BCUT2D eigenvalue weighted by Crippen LogP contribution is -2.48. The molecule has 9 heteroatoms. The van der Waals surface area contributed by atoms with Gasteiger partial charge in [0.1, 0.15) is 11.9 Å². The van der Waals surface area contributed by atoms with Crippen LogP contribution in [0.25, 0.3) is 0 Å². The molecule has 1 aromatic heterocycles. The molecule has 4 N–H and O–H groups in total. The number of amides is 2. The maximum Gasteiger partial charge on any atom is 0.251 e. The molecule has 2 heterocycles. The zero-order valence-electron chi connectivity index (χ0n) is 10.2. The number of hydrazine groups is 1. The van der Waals surface area contributed by atoms with Gasteiger partial charge < -0.3 is 5.32 Å². The number of nitrogens with zero attached hydrogens (tertiary/aromatic N) is 3. The number of imide groups is 1. The van der Waals surface area contributed by atoms with Crippen molar-refractivity contribution in [3.63, 3.8) is 0 Å². The van der Waals surface area contributed by atoms with Gasteiger partial charge in [-0.15, -0.1) is 0 Å². The summed E-state index contributed by atoms with van der Waals surface area (Å²) in [4.78, 5) is 32.5. The van der Waals surface area contributed by atoms with Crippen LogP contribution in [-0.2, 0) is 9.59 Å². The summed E-state index contributed by atoms with van der Waals surface area (Å²) in [5, 5.41) is 2.99. The van der Waals surface area contributed by atoms with Gasteiger partial charge in [0, 0.05) is 19.7 Å². The van der Waals surface area contributed by atoms with Crippen LogP contribution in [0.3, 0.4) is 0 Å². The van der Waals surface area contributed by atoms with Gasteiger partial charge in [0.2, 0.25) is 11.9 Å². The molecule has 1 aliphatic rings. The van der Waals surface area contributed by atoms with Gasteiger partial charge in [0.25, 0.3) is 5.91 Å². The molecule has 0 radical (unpaired) electrons. The van der Waals surface area contributed by atoms with Crippen LogP contribution in [0.4, 0.5) is 11.8 Å². The number of nitrogens with two attached hydrogens (primary N) is 1. The Balaban J connectivity index is 2.17. The molecule has 19 heavy (non-hydrogen) atoms. The Bertz CT molecular complexity index is 523. The highest BCUT2D eigenvalue weighted by Gasteiger charge is 2.32. The van der Waals surface area contributed by atoms with Crippen LogP contribution in [0.1, 0.15) is 12.8 Å². The average Bonchev–Trinajstić information content (AvgIpc) is 2.41. The first-order chi connectivity index (χ1) is 9.02. The molecule has 1 aromatic rings. The summed E-state index contributed by atoms with van der Waals surface area (Å²) in [6, 6.07) is -0.487. The number of anilines is 2. The van der Waals surface area contributed by atoms with Crippen LogP contribution in [0.5, 0.6) is 0 Å². The lowest BCUT2D eigenvalue weighted by Gasteiger charge is -2.28. The number of piperidine rings is 1. The number of rotatable bonds is 3. The molecule has 0 bridgehead atoms. The van der Waals surface area contributed by atoms with E-state index in [1.807, 2.05) is 0 Å². The van der Waals surface area contributed by atoms with Gasteiger partial charge in [-0.1, -0.05) is 0 Å². The van der Waals surface area contributed by atoms with Crippen molar-refractivity contribution >= 4 is 39.5 Å². The van der Waals surface area contributed by atoms with Gasteiger partial charge in [0.05, 0.1) is 4.47 Å². The number of nitrogen functional groups attached to an aromatic ring is 1. The second-order valence-electron chi connectivity index (χ2n) is 4.06. The first kappa shape index (κ1) is 13.7. The van der Waals surface area contributed by atoms with E-state index < -0.39 is 6.04 Å². The largest absolute Gasteiger partial charge is 0.357 e. The zero-order chi connectivity index (χ0) is 14.0. The molecule has 102 valence electrons. The highest BCUT2D eigenvalue weighted by atomic mass is 79.9. The topological polar surface area (TPSA) is 113 Å². The molecule has 1 atom stereocenters. The summed E-state index contributed by atoms with van der Waals surface area (Å²) in [6.07, 6.45) is 2.28. The predicted molar refractivity (Wildman–Crippen MR) is 72.0 cm³/mol. The Morgan fingerprint density at radius 3 is 2.95 bits per heavy atom. The molecule has 1 aliphatic heterocycles. The summed E-state index contributed by atoms with van der Waals surface area (Å²) < 4.78 is 0.610. The van der Waals surface area contributed by atoms with Crippen LogP contribution in [0, 0.1) is 0 Å². The Labute approximate surface area is 117 Å². The van der Waals surface area contributed by atoms with Gasteiger partial charge in [-0.05, 0) is 22.4 Å². The minimum atomic E-state index is -0.487. The fraction of sp³-hybridized carbons (Fsp3) is 0.400. The van der Waals surface area contributed by atoms with E-state index in [2.05, 4.69) is 36.6 Å². The van der Waals surface area contributed by atoms with Crippen molar-refractivity contribution in [1.82, 2.24) is 14.9 Å². The van der Waals surface area contributed by atoms with Crippen LogP contribution < -0.4 is 16.6 Å². The number of carbonyl (C=O) groups excluding carboxylic acids is 2. The van der Waals surface area contributed by atoms with Crippen LogP contribution in [-0.4, -0.2) is 39.8 Å². The molecule has 0 saturated carbocycles. The lowest BCUT2D eigenvalue weighted by molar-refractivity contribution is -0.146. The fourth-order valence-electron chi connectivity index (χ4n) is 1.75. The van der Waals surface area contributed by atoms with Gasteiger partial charge in [-0.2, -0.15) is 4.98 Å². The van der Waals surface area contributed by atoms with Crippen molar-refractivity contribution in [2.45, 2.75) is 18.9 Å². The molecule has 0 spiro atoms. The quantitative estimate of drug-likeness (QED) is 0.409. The number of carbonyl (C=O) groups is 2. The van der Waals surface area contributed by atoms with Gasteiger partial charge >= 0.3 is 0 Å². The third-order valence-corrected chi connectivity index (χ3v) is 3.41. The van der Waals surface area contributed by atoms with Gasteiger partial charge in [0.15, 0.2) is 0 Å². The Hall–Kier alpha value is -1.74. The lowest BCUT2D eigenvalue weighted by atomic mass is 10.0. The number of nitrogens with one attached hydrogen (secondary N) is 2. The molecule has 1 saturated heterocycles. The Kier molecular flexibility index (Phi) is 3.96. The molecule has 1 unspecified atom stereocenters.